The average molecular weight is 299 g/mol. The van der Waals surface area contributed by atoms with Crippen LogP contribution in [0.2, 0.25) is 0 Å². The maximum absolute atomic E-state index is 12.1. The van der Waals surface area contributed by atoms with Crippen LogP contribution in [-0.2, 0) is 4.74 Å². The molecule has 1 unspecified atom stereocenters. The zero-order chi connectivity index (χ0) is 15.4. The Bertz CT molecular complexity index is 659. The van der Waals surface area contributed by atoms with Crippen molar-refractivity contribution in [2.45, 2.75) is 45.1 Å². The van der Waals surface area contributed by atoms with Crippen molar-refractivity contribution in [3.63, 3.8) is 0 Å². The van der Waals surface area contributed by atoms with E-state index in [4.69, 9.17) is 4.74 Å². The van der Waals surface area contributed by atoms with E-state index in [-0.39, 0.29) is 12.2 Å². The molecule has 1 amide bonds. The molecule has 2 heterocycles. The first kappa shape index (κ1) is 14.8. The number of hydrogen-bond acceptors (Lipinski definition) is 4. The molecule has 1 aromatic heterocycles. The van der Waals surface area contributed by atoms with Gasteiger partial charge in [0.1, 0.15) is 12.4 Å². The Morgan fingerprint density at radius 3 is 3.09 bits per heavy atom. The summed E-state index contributed by atoms with van der Waals surface area (Å²) in [7, 11) is 0. The molecule has 1 saturated heterocycles. The molecule has 0 spiro atoms. The molecule has 0 N–H and O–H groups in total. The fraction of sp³-hybridized carbons (Fsp3) is 0.471. The van der Waals surface area contributed by atoms with E-state index in [1.807, 2.05) is 18.2 Å². The van der Waals surface area contributed by atoms with E-state index in [0.29, 0.717) is 6.54 Å². The van der Waals surface area contributed by atoms with E-state index >= 15 is 0 Å². The molecule has 0 aliphatic carbocycles. The third kappa shape index (κ3) is 3.18. The first-order valence-electron chi connectivity index (χ1n) is 7.96. The van der Waals surface area contributed by atoms with Crippen LogP contribution in [0.5, 0.6) is 0 Å². The Hall–Kier alpha value is -2.17. The van der Waals surface area contributed by atoms with E-state index in [9.17, 15) is 4.79 Å². The first-order chi connectivity index (χ1) is 10.8. The molecular weight excluding hydrogens is 278 g/mol. The lowest BCUT2D eigenvalue weighted by molar-refractivity contribution is 0.135. The van der Waals surface area contributed by atoms with Gasteiger partial charge in [0.15, 0.2) is 0 Å². The summed E-state index contributed by atoms with van der Waals surface area (Å²) in [6.07, 6.45) is 8.77. The average Bonchev–Trinajstić information content (AvgIpc) is 2.92. The minimum atomic E-state index is -0.253. The van der Waals surface area contributed by atoms with Crippen LogP contribution in [0.1, 0.15) is 39.0 Å². The Balaban J connectivity index is 1.67. The van der Waals surface area contributed by atoms with E-state index < -0.39 is 0 Å². The second-order valence-corrected chi connectivity index (χ2v) is 5.73. The number of aromatic nitrogens is 2. The Labute approximate surface area is 130 Å². The molecule has 3 rings (SSSR count). The van der Waals surface area contributed by atoms with Gasteiger partial charge in [-0.3, -0.25) is 4.90 Å². The molecule has 0 radical (unpaired) electrons. The Morgan fingerprint density at radius 2 is 2.23 bits per heavy atom. The summed E-state index contributed by atoms with van der Waals surface area (Å²) >= 11 is 0. The predicted molar refractivity (Wildman–Crippen MR) is 85.9 cm³/mol. The number of benzene rings is 1. The van der Waals surface area contributed by atoms with Crippen molar-refractivity contribution in [3.05, 3.63) is 30.7 Å². The normalized spacial score (nSPS) is 18.0. The lowest BCUT2D eigenvalue weighted by Gasteiger charge is -2.13. The molecule has 1 aliphatic heterocycles. The Morgan fingerprint density at radius 1 is 1.32 bits per heavy atom. The summed E-state index contributed by atoms with van der Waals surface area (Å²) in [5.41, 5.74) is 1.73. The number of unbranched alkanes of at least 4 members (excludes halogenated alkanes) is 3. The molecule has 0 bridgehead atoms. The topological polar surface area (TPSA) is 55.3 Å². The largest absolute Gasteiger partial charge is 0.444 e. The molecule has 5 heteroatoms. The van der Waals surface area contributed by atoms with Crippen molar-refractivity contribution in [2.24, 2.45) is 0 Å². The van der Waals surface area contributed by atoms with Gasteiger partial charge in [-0.25, -0.2) is 14.8 Å². The lowest BCUT2D eigenvalue weighted by atomic mass is 10.1. The summed E-state index contributed by atoms with van der Waals surface area (Å²) < 4.78 is 5.48. The quantitative estimate of drug-likeness (QED) is 0.758. The molecule has 1 fully saturated rings. The lowest BCUT2D eigenvalue weighted by Crippen LogP contribution is -2.24. The number of amides is 1. The zero-order valence-electron chi connectivity index (χ0n) is 12.9. The molecule has 2 aromatic rings. The van der Waals surface area contributed by atoms with Gasteiger partial charge in [0.25, 0.3) is 0 Å². The zero-order valence-corrected chi connectivity index (χ0v) is 12.9. The highest BCUT2D eigenvalue weighted by Gasteiger charge is 2.31. The number of fused-ring (bicyclic) bond motifs is 1. The van der Waals surface area contributed by atoms with Crippen molar-refractivity contribution in [3.8, 4) is 0 Å². The van der Waals surface area contributed by atoms with Gasteiger partial charge in [0, 0.05) is 17.3 Å². The van der Waals surface area contributed by atoms with Crippen LogP contribution in [0.3, 0.4) is 0 Å². The van der Waals surface area contributed by atoms with E-state index in [0.717, 1.165) is 29.4 Å². The summed E-state index contributed by atoms with van der Waals surface area (Å²) in [6, 6.07) is 5.76. The van der Waals surface area contributed by atoms with Crippen LogP contribution in [-0.4, -0.2) is 28.7 Å². The minimum absolute atomic E-state index is 0.00655. The van der Waals surface area contributed by atoms with Crippen molar-refractivity contribution >= 4 is 22.7 Å². The van der Waals surface area contributed by atoms with Gasteiger partial charge in [-0.05, 0) is 31.0 Å². The maximum atomic E-state index is 12.1. The van der Waals surface area contributed by atoms with E-state index in [1.165, 1.54) is 25.6 Å². The number of rotatable bonds is 6. The van der Waals surface area contributed by atoms with Crippen LogP contribution in [0.15, 0.2) is 30.7 Å². The number of ether oxygens (including phenoxy) is 1. The monoisotopic (exact) mass is 299 g/mol. The van der Waals surface area contributed by atoms with Gasteiger partial charge < -0.3 is 4.74 Å². The number of carbonyl (C=O) groups excluding carboxylic acids is 1. The minimum Gasteiger partial charge on any atom is -0.444 e. The fourth-order valence-electron chi connectivity index (χ4n) is 2.82. The van der Waals surface area contributed by atoms with Crippen molar-refractivity contribution < 1.29 is 9.53 Å². The first-order valence-corrected chi connectivity index (χ1v) is 7.96. The van der Waals surface area contributed by atoms with Gasteiger partial charge in [-0.2, -0.15) is 0 Å². The highest BCUT2D eigenvalue weighted by molar-refractivity contribution is 5.93. The second kappa shape index (κ2) is 6.73. The number of hydrogen-bond donors (Lipinski definition) is 0. The number of cyclic esters (lactones) is 1. The fourth-order valence-corrected chi connectivity index (χ4v) is 2.82. The molecule has 116 valence electrons. The molecule has 1 aliphatic rings. The van der Waals surface area contributed by atoms with E-state index in [2.05, 4.69) is 16.9 Å². The van der Waals surface area contributed by atoms with Crippen LogP contribution in [0.4, 0.5) is 10.5 Å². The summed E-state index contributed by atoms with van der Waals surface area (Å²) in [6.45, 7) is 2.82. The van der Waals surface area contributed by atoms with Crippen molar-refractivity contribution in [2.75, 3.05) is 11.4 Å². The molecule has 1 atom stereocenters. The SMILES string of the molecule is CCCCCCC1CN(c2ccc3ncncc3c2)C(=O)O1. The highest BCUT2D eigenvalue weighted by Crippen LogP contribution is 2.26. The summed E-state index contributed by atoms with van der Waals surface area (Å²) in [5.74, 6) is 0. The summed E-state index contributed by atoms with van der Waals surface area (Å²) in [4.78, 5) is 22.0. The van der Waals surface area contributed by atoms with Gasteiger partial charge in [0.2, 0.25) is 0 Å². The molecule has 22 heavy (non-hydrogen) atoms. The highest BCUT2D eigenvalue weighted by atomic mass is 16.6. The molecular formula is C17H21N3O2. The van der Waals surface area contributed by atoms with Crippen molar-refractivity contribution in [1.82, 2.24) is 9.97 Å². The molecule has 0 saturated carbocycles. The van der Waals surface area contributed by atoms with Crippen LogP contribution >= 0.6 is 0 Å². The molecule has 5 nitrogen and oxygen atoms in total. The van der Waals surface area contributed by atoms with E-state index in [1.54, 1.807) is 11.1 Å². The standard InChI is InChI=1S/C17H21N3O2/c1-2-3-4-5-6-15-11-20(17(21)22-15)14-7-8-16-13(9-14)10-18-12-19-16/h7-10,12,15H,2-6,11H2,1H3. The van der Waals surface area contributed by atoms with Gasteiger partial charge in [0.05, 0.1) is 12.1 Å². The van der Waals surface area contributed by atoms with Gasteiger partial charge in [-0.1, -0.05) is 26.2 Å². The third-order valence-corrected chi connectivity index (χ3v) is 4.05. The predicted octanol–water partition coefficient (Wildman–Crippen LogP) is 3.93. The van der Waals surface area contributed by atoms with Crippen LogP contribution < -0.4 is 4.90 Å². The maximum Gasteiger partial charge on any atom is 0.414 e. The second-order valence-electron chi connectivity index (χ2n) is 5.73. The van der Waals surface area contributed by atoms with Crippen molar-refractivity contribution in [1.29, 1.82) is 0 Å². The van der Waals surface area contributed by atoms with Gasteiger partial charge >= 0.3 is 6.09 Å². The van der Waals surface area contributed by atoms with Crippen LogP contribution in [0, 0.1) is 0 Å². The van der Waals surface area contributed by atoms with Gasteiger partial charge in [-0.15, -0.1) is 0 Å². The third-order valence-electron chi connectivity index (χ3n) is 4.05. The Kier molecular flexibility index (Phi) is 4.51. The number of anilines is 1. The number of nitrogens with zero attached hydrogens (tertiary/aromatic N) is 3. The van der Waals surface area contributed by atoms with Crippen LogP contribution in [0.25, 0.3) is 10.9 Å². The number of carbonyl (C=O) groups is 1. The molecule has 1 aromatic carbocycles. The summed E-state index contributed by atoms with van der Waals surface area (Å²) in [5, 5.41) is 0.930. The smallest absolute Gasteiger partial charge is 0.414 e.